The van der Waals surface area contributed by atoms with Crippen LogP contribution in [0.3, 0.4) is 0 Å². The Bertz CT molecular complexity index is 755. The van der Waals surface area contributed by atoms with Crippen LogP contribution >= 0.6 is 11.8 Å². The van der Waals surface area contributed by atoms with Gasteiger partial charge in [-0.3, -0.25) is 4.79 Å². The summed E-state index contributed by atoms with van der Waals surface area (Å²) in [5, 5.41) is 3.68. The van der Waals surface area contributed by atoms with E-state index in [9.17, 15) is 9.59 Å². The van der Waals surface area contributed by atoms with E-state index in [0.29, 0.717) is 30.4 Å². The van der Waals surface area contributed by atoms with E-state index in [4.69, 9.17) is 4.74 Å². The van der Waals surface area contributed by atoms with Crippen molar-refractivity contribution in [2.75, 3.05) is 18.9 Å². The number of ether oxygens (including phenoxy) is 1. The first kappa shape index (κ1) is 19.3. The van der Waals surface area contributed by atoms with Crippen LogP contribution in [0.1, 0.15) is 38.1 Å². The minimum atomic E-state index is -0.349. The summed E-state index contributed by atoms with van der Waals surface area (Å²) in [6, 6.07) is 5.36. The van der Waals surface area contributed by atoms with E-state index in [2.05, 4.69) is 24.1 Å². The molecule has 1 aromatic carbocycles. The first-order chi connectivity index (χ1) is 12.0. The van der Waals surface area contributed by atoms with Gasteiger partial charge < -0.3 is 14.6 Å². The number of carbonyl (C=O) groups excluding carboxylic acids is 2. The largest absolute Gasteiger partial charge is 0.462 e. The van der Waals surface area contributed by atoms with Crippen molar-refractivity contribution < 1.29 is 14.3 Å². The number of imidazole rings is 1. The monoisotopic (exact) mass is 363 g/mol. The highest BCUT2D eigenvalue weighted by atomic mass is 32.2. The van der Waals surface area contributed by atoms with Gasteiger partial charge in [-0.25, -0.2) is 9.78 Å². The van der Waals surface area contributed by atoms with Crippen LogP contribution in [0.15, 0.2) is 23.4 Å². The second kappa shape index (κ2) is 8.89. The number of thioether (sulfide) groups is 1. The number of hydrogen-bond donors (Lipinski definition) is 1. The van der Waals surface area contributed by atoms with Crippen molar-refractivity contribution in [1.29, 1.82) is 0 Å². The number of aromatic nitrogens is 2. The minimum Gasteiger partial charge on any atom is -0.462 e. The average Bonchev–Trinajstić information content (AvgIpc) is 2.94. The van der Waals surface area contributed by atoms with Crippen LogP contribution in [0.25, 0.3) is 11.0 Å². The molecule has 1 aromatic heterocycles. The summed E-state index contributed by atoms with van der Waals surface area (Å²) < 4.78 is 7.08. The third kappa shape index (κ3) is 4.98. The Morgan fingerprint density at radius 3 is 2.72 bits per heavy atom. The highest BCUT2D eigenvalue weighted by Gasteiger charge is 2.15. The zero-order chi connectivity index (χ0) is 18.4. The van der Waals surface area contributed by atoms with E-state index in [1.54, 1.807) is 19.1 Å². The zero-order valence-corrected chi connectivity index (χ0v) is 16.0. The lowest BCUT2D eigenvalue weighted by molar-refractivity contribution is -0.118. The summed E-state index contributed by atoms with van der Waals surface area (Å²) in [4.78, 5) is 28.4. The molecule has 0 aliphatic rings. The van der Waals surface area contributed by atoms with Crippen LogP contribution in [-0.2, 0) is 16.1 Å². The summed E-state index contributed by atoms with van der Waals surface area (Å²) in [6.07, 6.45) is 0. The van der Waals surface area contributed by atoms with Gasteiger partial charge in [-0.2, -0.15) is 0 Å². The Kier molecular flexibility index (Phi) is 6.87. The fourth-order valence-electron chi connectivity index (χ4n) is 2.36. The van der Waals surface area contributed by atoms with Crippen molar-refractivity contribution in [1.82, 2.24) is 14.9 Å². The molecule has 0 aliphatic carbocycles. The second-order valence-corrected chi connectivity index (χ2v) is 6.99. The number of fused-ring (bicyclic) bond motifs is 1. The summed E-state index contributed by atoms with van der Waals surface area (Å²) >= 11 is 1.41. The number of nitrogens with zero attached hydrogens (tertiary/aromatic N) is 2. The van der Waals surface area contributed by atoms with Crippen LogP contribution in [0, 0.1) is 5.92 Å². The van der Waals surface area contributed by atoms with Gasteiger partial charge in [0.1, 0.15) is 0 Å². The van der Waals surface area contributed by atoms with E-state index < -0.39 is 0 Å². The number of carbonyl (C=O) groups is 2. The number of benzene rings is 1. The molecule has 7 heteroatoms. The molecule has 0 aliphatic heterocycles. The molecule has 0 bridgehead atoms. The van der Waals surface area contributed by atoms with E-state index in [0.717, 1.165) is 22.7 Å². The quantitative estimate of drug-likeness (QED) is 0.576. The molecule has 25 heavy (non-hydrogen) atoms. The molecule has 0 atom stereocenters. The summed E-state index contributed by atoms with van der Waals surface area (Å²) in [7, 11) is 0. The van der Waals surface area contributed by atoms with Gasteiger partial charge >= 0.3 is 5.97 Å². The molecule has 0 radical (unpaired) electrons. The van der Waals surface area contributed by atoms with Gasteiger partial charge in [0, 0.05) is 13.1 Å². The maximum Gasteiger partial charge on any atom is 0.338 e. The lowest BCUT2D eigenvalue weighted by atomic mass is 10.2. The molecular weight excluding hydrogens is 338 g/mol. The van der Waals surface area contributed by atoms with Crippen molar-refractivity contribution in [3.63, 3.8) is 0 Å². The maximum absolute atomic E-state index is 11.9. The Morgan fingerprint density at radius 2 is 2.08 bits per heavy atom. The number of amides is 1. The van der Waals surface area contributed by atoms with Gasteiger partial charge in [0.15, 0.2) is 5.16 Å². The topological polar surface area (TPSA) is 73.2 Å². The molecule has 136 valence electrons. The van der Waals surface area contributed by atoms with Crippen LogP contribution in [0.4, 0.5) is 0 Å². The van der Waals surface area contributed by atoms with Crippen LogP contribution in [0.2, 0.25) is 0 Å². The number of nitrogens with one attached hydrogen (secondary N) is 1. The molecule has 0 saturated heterocycles. The molecule has 2 rings (SSSR count). The molecule has 6 nitrogen and oxygen atoms in total. The number of hydrogen-bond acceptors (Lipinski definition) is 5. The average molecular weight is 363 g/mol. The molecule has 1 amide bonds. The lowest BCUT2D eigenvalue weighted by Crippen LogP contribution is -2.28. The fraction of sp³-hybridized carbons (Fsp3) is 0.500. The Labute approximate surface area is 152 Å². The second-order valence-electron chi connectivity index (χ2n) is 6.05. The third-order valence-electron chi connectivity index (χ3n) is 3.58. The zero-order valence-electron chi connectivity index (χ0n) is 15.2. The first-order valence-corrected chi connectivity index (χ1v) is 9.51. The van der Waals surface area contributed by atoms with Crippen LogP contribution in [0.5, 0.6) is 0 Å². The molecule has 1 heterocycles. The van der Waals surface area contributed by atoms with E-state index >= 15 is 0 Å². The predicted molar refractivity (Wildman–Crippen MR) is 99.9 cm³/mol. The Balaban J connectivity index is 2.16. The van der Waals surface area contributed by atoms with Gasteiger partial charge in [-0.1, -0.05) is 25.6 Å². The van der Waals surface area contributed by atoms with Crippen molar-refractivity contribution in [3.05, 3.63) is 23.8 Å². The first-order valence-electron chi connectivity index (χ1n) is 8.53. The van der Waals surface area contributed by atoms with Crippen molar-refractivity contribution >= 4 is 34.7 Å². The molecule has 1 N–H and O–H groups in total. The van der Waals surface area contributed by atoms with Crippen molar-refractivity contribution in [2.24, 2.45) is 5.92 Å². The van der Waals surface area contributed by atoms with Gasteiger partial charge in [0.2, 0.25) is 5.91 Å². The number of aryl methyl sites for hydroxylation is 1. The summed E-state index contributed by atoms with van der Waals surface area (Å²) in [6.45, 7) is 9.69. The van der Waals surface area contributed by atoms with Crippen molar-refractivity contribution in [3.8, 4) is 0 Å². The molecule has 0 unspecified atom stereocenters. The fourth-order valence-corrected chi connectivity index (χ4v) is 3.27. The Morgan fingerprint density at radius 1 is 1.32 bits per heavy atom. The highest BCUT2D eigenvalue weighted by molar-refractivity contribution is 7.99. The number of rotatable bonds is 8. The van der Waals surface area contributed by atoms with Gasteiger partial charge in [-0.05, 0) is 38.0 Å². The SMILES string of the molecule is CCOC(=O)c1ccc2c(c1)nc(SCC(=O)NCC(C)C)n2CC. The number of esters is 1. The smallest absolute Gasteiger partial charge is 0.338 e. The van der Waals surface area contributed by atoms with E-state index in [1.165, 1.54) is 11.8 Å². The van der Waals surface area contributed by atoms with Gasteiger partial charge in [0.25, 0.3) is 0 Å². The molecule has 2 aromatic rings. The molecule has 0 spiro atoms. The summed E-state index contributed by atoms with van der Waals surface area (Å²) in [5.74, 6) is 0.398. The normalized spacial score (nSPS) is 11.1. The third-order valence-corrected chi connectivity index (χ3v) is 4.56. The molecular formula is C18H25N3O3S. The van der Waals surface area contributed by atoms with Crippen molar-refractivity contribution in [2.45, 2.75) is 39.4 Å². The maximum atomic E-state index is 11.9. The van der Waals surface area contributed by atoms with Crippen LogP contribution in [-0.4, -0.2) is 40.3 Å². The standard InChI is InChI=1S/C18H25N3O3S/c1-5-21-15-8-7-13(17(23)24-6-2)9-14(15)20-18(21)25-11-16(22)19-10-12(3)4/h7-9,12H,5-6,10-11H2,1-4H3,(H,19,22). The van der Waals surface area contributed by atoms with E-state index in [1.807, 2.05) is 17.6 Å². The minimum absolute atomic E-state index is 0.000576. The lowest BCUT2D eigenvalue weighted by Gasteiger charge is -2.08. The van der Waals surface area contributed by atoms with E-state index in [-0.39, 0.29) is 11.9 Å². The highest BCUT2D eigenvalue weighted by Crippen LogP contribution is 2.25. The van der Waals surface area contributed by atoms with Gasteiger partial charge in [0.05, 0.1) is 29.0 Å². The molecule has 0 saturated carbocycles. The Hall–Kier alpha value is -2.02. The molecule has 0 fully saturated rings. The van der Waals surface area contributed by atoms with Crippen LogP contribution < -0.4 is 5.32 Å². The van der Waals surface area contributed by atoms with Gasteiger partial charge in [-0.15, -0.1) is 0 Å². The summed E-state index contributed by atoms with van der Waals surface area (Å²) in [5.41, 5.74) is 2.17. The predicted octanol–water partition coefficient (Wildman–Crippen LogP) is 3.10.